The highest BCUT2D eigenvalue weighted by atomic mass is 35.5. The summed E-state index contributed by atoms with van der Waals surface area (Å²) in [5.74, 6) is 2.24. The normalized spacial score (nSPS) is 17.9. The Labute approximate surface area is 200 Å². The zero-order valence-corrected chi connectivity index (χ0v) is 19.9. The van der Waals surface area contributed by atoms with Crippen molar-refractivity contribution >= 4 is 34.2 Å². The van der Waals surface area contributed by atoms with Crippen LogP contribution in [0.2, 0.25) is 5.02 Å². The molecule has 1 saturated heterocycles. The molecular formula is C27H31ClN4O. The van der Waals surface area contributed by atoms with Gasteiger partial charge in [-0.15, -0.1) is 0 Å². The van der Waals surface area contributed by atoms with Gasteiger partial charge in [0.25, 0.3) is 5.91 Å². The lowest BCUT2D eigenvalue weighted by Crippen LogP contribution is -2.36. The van der Waals surface area contributed by atoms with E-state index in [1.54, 1.807) is 0 Å². The maximum Gasteiger partial charge on any atom is 0.251 e. The zero-order valence-electron chi connectivity index (χ0n) is 19.2. The van der Waals surface area contributed by atoms with Crippen LogP contribution in [0, 0.1) is 5.92 Å². The van der Waals surface area contributed by atoms with E-state index in [2.05, 4.69) is 17.1 Å². The van der Waals surface area contributed by atoms with E-state index in [0.29, 0.717) is 22.3 Å². The molecule has 2 fully saturated rings. The Morgan fingerprint density at radius 3 is 2.52 bits per heavy atom. The second-order valence-corrected chi connectivity index (χ2v) is 9.97. The van der Waals surface area contributed by atoms with Crippen LogP contribution in [0.3, 0.4) is 0 Å². The topological polar surface area (TPSA) is 58.1 Å². The third kappa shape index (κ3) is 4.84. The predicted molar refractivity (Wildman–Crippen MR) is 135 cm³/mol. The van der Waals surface area contributed by atoms with Crippen LogP contribution in [0.15, 0.2) is 42.5 Å². The molecule has 5 nitrogen and oxygen atoms in total. The monoisotopic (exact) mass is 462 g/mol. The number of hydrogen-bond acceptors (Lipinski definition) is 4. The maximum atomic E-state index is 13.0. The lowest BCUT2D eigenvalue weighted by Gasteiger charge is -2.32. The molecule has 0 unspecified atom stereocenters. The first-order valence-electron chi connectivity index (χ1n) is 12.2. The van der Waals surface area contributed by atoms with Crippen molar-refractivity contribution in [1.82, 2.24) is 15.3 Å². The number of aromatic nitrogens is 2. The van der Waals surface area contributed by atoms with Crippen molar-refractivity contribution in [2.24, 2.45) is 5.92 Å². The molecule has 33 heavy (non-hydrogen) atoms. The fourth-order valence-electron chi connectivity index (χ4n) is 4.99. The number of fused-ring (bicyclic) bond motifs is 1. The van der Waals surface area contributed by atoms with Gasteiger partial charge in [-0.25, -0.2) is 9.97 Å². The SMILES string of the molecule is CC1CCN(c2nc(-c3ccccc3Cl)nc3ccc(C(=O)NC4CCCCC4)cc23)CC1. The Kier molecular flexibility index (Phi) is 6.50. The first-order valence-corrected chi connectivity index (χ1v) is 12.6. The molecule has 172 valence electrons. The molecule has 1 saturated carbocycles. The van der Waals surface area contributed by atoms with E-state index in [1.165, 1.54) is 19.3 Å². The van der Waals surface area contributed by atoms with E-state index >= 15 is 0 Å². The lowest BCUT2D eigenvalue weighted by atomic mass is 9.95. The number of amides is 1. The van der Waals surface area contributed by atoms with Crippen LogP contribution >= 0.6 is 11.6 Å². The van der Waals surface area contributed by atoms with Crippen LogP contribution < -0.4 is 10.2 Å². The summed E-state index contributed by atoms with van der Waals surface area (Å²) < 4.78 is 0. The molecule has 1 aromatic heterocycles. The highest BCUT2D eigenvalue weighted by Gasteiger charge is 2.23. The molecule has 1 aliphatic carbocycles. The summed E-state index contributed by atoms with van der Waals surface area (Å²) in [6.07, 6.45) is 8.06. The van der Waals surface area contributed by atoms with Gasteiger partial charge in [-0.1, -0.05) is 49.9 Å². The van der Waals surface area contributed by atoms with Gasteiger partial charge in [-0.2, -0.15) is 0 Å². The quantitative estimate of drug-likeness (QED) is 0.497. The Morgan fingerprint density at radius 1 is 1.00 bits per heavy atom. The number of piperidine rings is 1. The molecule has 1 N–H and O–H groups in total. The average molecular weight is 463 g/mol. The highest BCUT2D eigenvalue weighted by molar-refractivity contribution is 6.33. The van der Waals surface area contributed by atoms with E-state index in [4.69, 9.17) is 21.6 Å². The summed E-state index contributed by atoms with van der Waals surface area (Å²) in [6.45, 7) is 4.21. The van der Waals surface area contributed by atoms with Crippen molar-refractivity contribution in [3.63, 3.8) is 0 Å². The summed E-state index contributed by atoms with van der Waals surface area (Å²) in [4.78, 5) is 25.2. The summed E-state index contributed by atoms with van der Waals surface area (Å²) in [5.41, 5.74) is 2.34. The largest absolute Gasteiger partial charge is 0.356 e. The Balaban J connectivity index is 1.55. The fraction of sp³-hybridized carbons (Fsp3) is 0.444. The molecular weight excluding hydrogens is 432 g/mol. The van der Waals surface area contributed by atoms with E-state index in [0.717, 1.165) is 61.1 Å². The number of rotatable bonds is 4. The number of carbonyl (C=O) groups excluding carboxylic acids is 1. The molecule has 0 spiro atoms. The highest BCUT2D eigenvalue weighted by Crippen LogP contribution is 2.33. The van der Waals surface area contributed by atoms with Crippen LogP contribution in [-0.4, -0.2) is 35.0 Å². The minimum atomic E-state index is -0.00260. The van der Waals surface area contributed by atoms with Gasteiger partial charge >= 0.3 is 0 Å². The maximum absolute atomic E-state index is 13.0. The summed E-state index contributed by atoms with van der Waals surface area (Å²) in [5, 5.41) is 4.80. The number of hydrogen-bond donors (Lipinski definition) is 1. The van der Waals surface area contributed by atoms with Crippen LogP contribution in [0.1, 0.15) is 62.2 Å². The average Bonchev–Trinajstić information content (AvgIpc) is 2.84. The van der Waals surface area contributed by atoms with Crippen LogP contribution in [0.25, 0.3) is 22.3 Å². The first kappa shape index (κ1) is 22.1. The third-order valence-corrected chi connectivity index (χ3v) is 7.41. The fourth-order valence-corrected chi connectivity index (χ4v) is 5.21. The van der Waals surface area contributed by atoms with Gasteiger partial charge in [0, 0.05) is 35.6 Å². The molecule has 2 aliphatic rings. The molecule has 2 aromatic carbocycles. The van der Waals surface area contributed by atoms with E-state index in [-0.39, 0.29) is 11.9 Å². The molecule has 1 amide bonds. The van der Waals surface area contributed by atoms with Crippen molar-refractivity contribution in [2.75, 3.05) is 18.0 Å². The van der Waals surface area contributed by atoms with Gasteiger partial charge in [-0.05, 0) is 61.9 Å². The van der Waals surface area contributed by atoms with Crippen molar-refractivity contribution in [1.29, 1.82) is 0 Å². The van der Waals surface area contributed by atoms with Gasteiger partial charge in [0.15, 0.2) is 5.82 Å². The van der Waals surface area contributed by atoms with Crippen LogP contribution in [0.4, 0.5) is 5.82 Å². The van der Waals surface area contributed by atoms with E-state index < -0.39 is 0 Å². The van der Waals surface area contributed by atoms with Crippen molar-refractivity contribution in [2.45, 2.75) is 57.9 Å². The Morgan fingerprint density at radius 2 is 1.76 bits per heavy atom. The van der Waals surface area contributed by atoms with Gasteiger partial charge in [0.2, 0.25) is 0 Å². The van der Waals surface area contributed by atoms with Gasteiger partial charge < -0.3 is 10.2 Å². The number of halogens is 1. The molecule has 5 rings (SSSR count). The third-order valence-electron chi connectivity index (χ3n) is 7.08. The Hall–Kier alpha value is -2.66. The molecule has 1 aliphatic heterocycles. The Bertz CT molecular complexity index is 1150. The molecule has 6 heteroatoms. The molecule has 0 radical (unpaired) electrons. The second kappa shape index (κ2) is 9.68. The van der Waals surface area contributed by atoms with Crippen LogP contribution in [-0.2, 0) is 0 Å². The second-order valence-electron chi connectivity index (χ2n) is 9.56. The number of nitrogens with one attached hydrogen (secondary N) is 1. The minimum Gasteiger partial charge on any atom is -0.356 e. The number of carbonyl (C=O) groups is 1. The number of benzene rings is 2. The van der Waals surface area contributed by atoms with Crippen LogP contribution in [0.5, 0.6) is 0 Å². The van der Waals surface area contributed by atoms with E-state index in [1.807, 2.05) is 42.5 Å². The van der Waals surface area contributed by atoms with Gasteiger partial charge in [0.05, 0.1) is 10.5 Å². The molecule has 2 heterocycles. The first-order chi connectivity index (χ1) is 16.1. The predicted octanol–water partition coefficient (Wildman–Crippen LogP) is 6.25. The zero-order chi connectivity index (χ0) is 22.8. The number of anilines is 1. The van der Waals surface area contributed by atoms with Crippen molar-refractivity contribution in [3.05, 3.63) is 53.1 Å². The summed E-state index contributed by atoms with van der Waals surface area (Å²) in [6, 6.07) is 13.8. The lowest BCUT2D eigenvalue weighted by molar-refractivity contribution is 0.0928. The molecule has 0 bridgehead atoms. The van der Waals surface area contributed by atoms with Crippen molar-refractivity contribution in [3.8, 4) is 11.4 Å². The molecule has 3 aromatic rings. The number of nitrogens with zero attached hydrogens (tertiary/aromatic N) is 3. The molecule has 0 atom stereocenters. The smallest absolute Gasteiger partial charge is 0.251 e. The van der Waals surface area contributed by atoms with E-state index in [9.17, 15) is 4.79 Å². The summed E-state index contributed by atoms with van der Waals surface area (Å²) >= 11 is 6.48. The van der Waals surface area contributed by atoms with Gasteiger partial charge in [0.1, 0.15) is 5.82 Å². The van der Waals surface area contributed by atoms with Gasteiger partial charge in [-0.3, -0.25) is 4.79 Å². The minimum absolute atomic E-state index is 0.00260. The summed E-state index contributed by atoms with van der Waals surface area (Å²) in [7, 11) is 0. The van der Waals surface area contributed by atoms with Crippen molar-refractivity contribution < 1.29 is 4.79 Å². The standard InChI is InChI=1S/C27H31ClN4O/c1-18-13-15-32(16-14-18)26-22-17-19(27(33)29-20-7-3-2-4-8-20)11-12-24(22)30-25(31-26)21-9-5-6-10-23(21)28/h5-6,9-12,17-18,20H,2-4,7-8,13-16H2,1H3,(H,29,33).